The first-order valence-corrected chi connectivity index (χ1v) is 26.8. The molecule has 2 aromatic carbocycles. The minimum absolute atomic E-state index is 0.148. The summed E-state index contributed by atoms with van der Waals surface area (Å²) in [4.78, 5) is 29.1. The van der Waals surface area contributed by atoms with Crippen LogP contribution in [0.15, 0.2) is 48.9 Å². The van der Waals surface area contributed by atoms with Gasteiger partial charge in [0.2, 0.25) is 0 Å². The molecule has 4 heterocycles. The number of aromatic nitrogens is 6. The molecule has 0 radical (unpaired) electrons. The molecule has 0 aliphatic carbocycles. The van der Waals surface area contributed by atoms with Crippen molar-refractivity contribution in [3.63, 3.8) is 0 Å². The topological polar surface area (TPSA) is 142 Å². The van der Waals surface area contributed by atoms with Gasteiger partial charge in [-0.2, -0.15) is 5.10 Å². The zero-order valence-corrected chi connectivity index (χ0v) is 35.7. The molecule has 3 aromatic heterocycles. The highest BCUT2D eigenvalue weighted by Gasteiger charge is 2.22. The molecule has 1 aliphatic rings. The summed E-state index contributed by atoms with van der Waals surface area (Å²) in [6.45, 7) is 20.4. The molecule has 0 bridgehead atoms. The van der Waals surface area contributed by atoms with Gasteiger partial charge in [-0.1, -0.05) is 52.3 Å². The lowest BCUT2D eigenvalue weighted by Gasteiger charge is -2.27. The van der Waals surface area contributed by atoms with E-state index in [1.165, 1.54) is 18.3 Å². The first-order chi connectivity index (χ1) is 26.7. The Labute approximate surface area is 330 Å². The Morgan fingerprint density at radius 3 is 2.34 bits per heavy atom. The van der Waals surface area contributed by atoms with Crippen molar-refractivity contribution in [2.75, 3.05) is 44.4 Å². The highest BCUT2D eigenvalue weighted by atomic mass is 28.3. The van der Waals surface area contributed by atoms with Gasteiger partial charge in [-0.3, -0.25) is 4.79 Å². The number of phenols is 1. The van der Waals surface area contributed by atoms with Crippen molar-refractivity contribution >= 4 is 38.8 Å². The number of aromatic hydroxyl groups is 1. The minimum Gasteiger partial charge on any atom is -0.505 e. The molecule has 6 rings (SSSR count). The number of hydrogen-bond acceptors (Lipinski definition) is 10. The van der Waals surface area contributed by atoms with Crippen LogP contribution in [-0.4, -0.2) is 96.0 Å². The lowest BCUT2D eigenvalue weighted by Crippen LogP contribution is -2.37. The predicted octanol–water partition coefficient (Wildman–Crippen LogP) is 7.16. The molecule has 0 spiro atoms. The van der Waals surface area contributed by atoms with Crippen LogP contribution in [0.3, 0.4) is 0 Å². The quantitative estimate of drug-likeness (QED) is 0.0736. The maximum atomic E-state index is 14.7. The number of fused-ring (bicyclic) bond motifs is 1. The highest BCUT2D eigenvalue weighted by Crippen LogP contribution is 2.35. The number of phenolic OH excluding ortho intramolecular Hbond substituents is 1. The Kier molecular flexibility index (Phi) is 13.0. The summed E-state index contributed by atoms with van der Waals surface area (Å²) in [7, 11) is -2.66. The summed E-state index contributed by atoms with van der Waals surface area (Å²) in [6.07, 6.45) is 5.61. The normalized spacial score (nSPS) is 13.8. The molecule has 0 saturated carbocycles. The summed E-state index contributed by atoms with van der Waals surface area (Å²) < 4.78 is 36.3. The van der Waals surface area contributed by atoms with Gasteiger partial charge in [0.25, 0.3) is 5.91 Å². The van der Waals surface area contributed by atoms with E-state index in [1.54, 1.807) is 6.20 Å². The molecule has 0 atom stereocenters. The van der Waals surface area contributed by atoms with Crippen LogP contribution >= 0.6 is 0 Å². The average Bonchev–Trinajstić information content (AvgIpc) is 3.75. The maximum absolute atomic E-state index is 14.7. The summed E-state index contributed by atoms with van der Waals surface area (Å²) >= 11 is 0. The number of ether oxygens (including phenoxy) is 3. The molecule has 16 heteroatoms. The molecule has 1 fully saturated rings. The number of amides is 1. The molecule has 1 saturated heterocycles. The van der Waals surface area contributed by atoms with Gasteiger partial charge >= 0.3 is 0 Å². The maximum Gasteiger partial charge on any atom is 0.271 e. The van der Waals surface area contributed by atoms with Gasteiger partial charge in [-0.25, -0.2) is 24.0 Å². The molecule has 1 aliphatic heterocycles. The molecule has 300 valence electrons. The van der Waals surface area contributed by atoms with Crippen LogP contribution in [0.4, 0.5) is 10.2 Å². The number of nitrogens with zero attached hydrogens (tertiary/aromatic N) is 7. The zero-order valence-electron chi connectivity index (χ0n) is 33.7. The largest absolute Gasteiger partial charge is 0.505 e. The predicted molar refractivity (Wildman–Crippen MR) is 222 cm³/mol. The number of imidazole rings is 1. The lowest BCUT2D eigenvalue weighted by molar-refractivity contribution is 0.0816. The molecule has 56 heavy (non-hydrogen) atoms. The summed E-state index contributed by atoms with van der Waals surface area (Å²) in [5.74, 6) is -0.100. The van der Waals surface area contributed by atoms with Crippen molar-refractivity contribution in [3.05, 3.63) is 71.7 Å². The van der Waals surface area contributed by atoms with E-state index in [-0.39, 0.29) is 37.4 Å². The minimum atomic E-state index is -1.33. The summed E-state index contributed by atoms with van der Waals surface area (Å²) in [5, 5.41) is 19.0. The number of morpholine rings is 1. The first kappa shape index (κ1) is 41.2. The molecule has 0 unspecified atom stereocenters. The molecular formula is C40H55FN8O5Si2. The molecule has 5 aromatic rings. The number of carbonyl (C=O) groups is 1. The second-order valence-electron chi connectivity index (χ2n) is 16.7. The summed E-state index contributed by atoms with van der Waals surface area (Å²) in [6, 6.07) is 10.8. The first-order valence-electron chi connectivity index (χ1n) is 19.4. The van der Waals surface area contributed by atoms with E-state index in [0.29, 0.717) is 61.4 Å². The molecule has 13 nitrogen and oxygen atoms in total. The average molecular weight is 803 g/mol. The van der Waals surface area contributed by atoms with Crippen molar-refractivity contribution < 1.29 is 28.5 Å². The third-order valence-corrected chi connectivity index (χ3v) is 13.1. The van der Waals surface area contributed by atoms with Gasteiger partial charge in [0.15, 0.2) is 17.4 Å². The number of halogens is 1. The standard InChI is InChI=1S/C40H55FN8O5Si2/c1-8-28-20-36(50)33(41)21-32(28)29-9-10-31-35(19-29)49(27-54-16-18-56(5,6)7)46-38(31)39-45-30(25-48(39)26-53-15-17-55(2,3)4)22-44-40(51)34-23-43-37(24-42-34)47-11-13-52-14-12-47/h9-10,19-21,23-25,50H,8,11-18,22,26-27H2,1-7H3,(H,44,51). The van der Waals surface area contributed by atoms with E-state index < -0.39 is 22.0 Å². The number of nitrogens with one attached hydrogen (secondary N) is 1. The summed E-state index contributed by atoms with van der Waals surface area (Å²) in [5.41, 5.74) is 4.59. The Morgan fingerprint density at radius 1 is 0.964 bits per heavy atom. The van der Waals surface area contributed by atoms with Crippen LogP contribution in [0.25, 0.3) is 33.5 Å². The van der Waals surface area contributed by atoms with Gasteiger partial charge < -0.3 is 34.1 Å². The van der Waals surface area contributed by atoms with Gasteiger partial charge in [-0.05, 0) is 59.5 Å². The fourth-order valence-corrected chi connectivity index (χ4v) is 7.85. The Balaban J connectivity index is 1.32. The van der Waals surface area contributed by atoms with Gasteiger partial charge in [0.1, 0.15) is 30.7 Å². The van der Waals surface area contributed by atoms with E-state index >= 15 is 0 Å². The van der Waals surface area contributed by atoms with Crippen molar-refractivity contribution in [1.82, 2.24) is 34.6 Å². The number of aryl methyl sites for hydroxylation is 1. The van der Waals surface area contributed by atoms with Gasteiger partial charge in [0.05, 0.1) is 43.4 Å². The lowest BCUT2D eigenvalue weighted by atomic mass is 9.96. The second kappa shape index (κ2) is 17.8. The molecular weight excluding hydrogens is 748 g/mol. The van der Waals surface area contributed by atoms with E-state index in [1.807, 2.05) is 40.6 Å². The van der Waals surface area contributed by atoms with Crippen LogP contribution < -0.4 is 10.2 Å². The third kappa shape index (κ3) is 10.5. The van der Waals surface area contributed by atoms with E-state index in [2.05, 4.69) is 59.5 Å². The fraction of sp³-hybridized carbons (Fsp3) is 0.475. The van der Waals surface area contributed by atoms with Crippen LogP contribution in [-0.2, 0) is 40.6 Å². The Morgan fingerprint density at radius 2 is 1.68 bits per heavy atom. The number of anilines is 1. The van der Waals surface area contributed by atoms with Crippen molar-refractivity contribution in [2.45, 2.75) is 84.7 Å². The van der Waals surface area contributed by atoms with E-state index in [9.17, 15) is 14.3 Å². The SMILES string of the molecule is CCc1cc(O)c(F)cc1-c1ccc2c(-c3nc(CNC(=O)c4cnc(N5CCOCC5)cn4)cn3COCC[Si](C)(C)C)nn(COCC[Si](C)(C)C)c2c1. The van der Waals surface area contributed by atoms with Crippen molar-refractivity contribution in [2.24, 2.45) is 0 Å². The highest BCUT2D eigenvalue weighted by molar-refractivity contribution is 6.76. The molecule has 2 N–H and O–H groups in total. The van der Waals surface area contributed by atoms with Crippen LogP contribution in [0.1, 0.15) is 28.7 Å². The van der Waals surface area contributed by atoms with Gasteiger partial charge in [0, 0.05) is 54.0 Å². The smallest absolute Gasteiger partial charge is 0.271 e. The number of carbonyl (C=O) groups excluding carboxylic acids is 1. The second-order valence-corrected chi connectivity index (χ2v) is 27.9. The monoisotopic (exact) mass is 802 g/mol. The van der Waals surface area contributed by atoms with Crippen molar-refractivity contribution in [3.8, 4) is 28.4 Å². The van der Waals surface area contributed by atoms with E-state index in [4.69, 9.17) is 24.3 Å². The third-order valence-electron chi connectivity index (χ3n) is 9.73. The number of hydrogen-bond donors (Lipinski definition) is 2. The Hall–Kier alpha value is -4.49. The zero-order chi connectivity index (χ0) is 40.0. The van der Waals surface area contributed by atoms with Crippen molar-refractivity contribution in [1.29, 1.82) is 0 Å². The fourth-order valence-electron chi connectivity index (χ4n) is 6.34. The van der Waals surface area contributed by atoms with E-state index in [0.717, 1.165) is 47.2 Å². The number of benzene rings is 2. The van der Waals surface area contributed by atoms with Crippen LogP contribution in [0.2, 0.25) is 51.4 Å². The molecule has 1 amide bonds. The Bertz CT molecular complexity index is 2120. The number of rotatable bonds is 17. The van der Waals surface area contributed by atoms with Gasteiger partial charge in [-0.15, -0.1) is 0 Å². The van der Waals surface area contributed by atoms with Crippen LogP contribution in [0, 0.1) is 5.82 Å². The van der Waals surface area contributed by atoms with Crippen LogP contribution in [0.5, 0.6) is 5.75 Å².